The van der Waals surface area contributed by atoms with E-state index in [2.05, 4.69) is 16.1 Å². The van der Waals surface area contributed by atoms with Crippen molar-refractivity contribution in [2.45, 2.75) is 31.7 Å². The number of benzene rings is 1. The van der Waals surface area contributed by atoms with E-state index in [0.29, 0.717) is 12.3 Å². The van der Waals surface area contributed by atoms with Crippen molar-refractivity contribution in [1.82, 2.24) is 19.7 Å². The van der Waals surface area contributed by atoms with E-state index in [4.69, 9.17) is 11.6 Å². The van der Waals surface area contributed by atoms with Crippen LogP contribution in [0.4, 0.5) is 0 Å². The quantitative estimate of drug-likeness (QED) is 0.851. The first-order chi connectivity index (χ1) is 10.7. The van der Waals surface area contributed by atoms with Crippen molar-refractivity contribution in [1.29, 1.82) is 0 Å². The fraction of sp³-hybridized carbons (Fsp3) is 0.438. The van der Waals surface area contributed by atoms with E-state index >= 15 is 0 Å². The van der Waals surface area contributed by atoms with Gasteiger partial charge in [0, 0.05) is 37.0 Å². The summed E-state index contributed by atoms with van der Waals surface area (Å²) >= 11 is 6.25. The van der Waals surface area contributed by atoms with Gasteiger partial charge in [0.1, 0.15) is 12.7 Å². The number of hydrogen-bond donors (Lipinski definition) is 0. The molecule has 5 nitrogen and oxygen atoms in total. The third-order valence-electron chi connectivity index (χ3n) is 4.13. The number of aryl methyl sites for hydroxylation is 1. The molecule has 116 valence electrons. The van der Waals surface area contributed by atoms with Crippen molar-refractivity contribution in [3.05, 3.63) is 47.5 Å². The third-order valence-corrected chi connectivity index (χ3v) is 4.47. The minimum Gasteiger partial charge on any atom is -0.342 e. The lowest BCUT2D eigenvalue weighted by molar-refractivity contribution is -0.130. The highest BCUT2D eigenvalue weighted by atomic mass is 35.5. The summed E-state index contributed by atoms with van der Waals surface area (Å²) < 4.78 is 1.75. The first kappa shape index (κ1) is 15.0. The van der Waals surface area contributed by atoms with Crippen LogP contribution in [0.15, 0.2) is 36.9 Å². The van der Waals surface area contributed by atoms with Crippen LogP contribution >= 0.6 is 11.6 Å². The molecule has 0 spiro atoms. The average Bonchev–Trinajstić information content (AvgIpc) is 3.19. The Kier molecular flexibility index (Phi) is 4.73. The van der Waals surface area contributed by atoms with E-state index in [1.165, 1.54) is 6.33 Å². The van der Waals surface area contributed by atoms with E-state index < -0.39 is 0 Å². The van der Waals surface area contributed by atoms with Gasteiger partial charge in [0.2, 0.25) is 5.91 Å². The van der Waals surface area contributed by atoms with E-state index in [1.54, 1.807) is 11.0 Å². The number of aromatic nitrogens is 3. The van der Waals surface area contributed by atoms with Crippen LogP contribution in [0.25, 0.3) is 0 Å². The number of carbonyl (C=O) groups excluding carboxylic acids is 1. The zero-order valence-corrected chi connectivity index (χ0v) is 13.1. The van der Waals surface area contributed by atoms with E-state index in [0.717, 1.165) is 43.1 Å². The Balaban J connectivity index is 1.49. The third kappa shape index (κ3) is 3.47. The second-order valence-corrected chi connectivity index (χ2v) is 6.02. The van der Waals surface area contributed by atoms with Gasteiger partial charge in [-0.05, 0) is 24.5 Å². The molecule has 0 aliphatic carbocycles. The molecule has 1 fully saturated rings. The first-order valence-electron chi connectivity index (χ1n) is 7.58. The Morgan fingerprint density at radius 1 is 1.36 bits per heavy atom. The Morgan fingerprint density at radius 3 is 3.00 bits per heavy atom. The van der Waals surface area contributed by atoms with Crippen molar-refractivity contribution in [3.8, 4) is 0 Å². The van der Waals surface area contributed by atoms with Crippen LogP contribution in [0.5, 0.6) is 0 Å². The van der Waals surface area contributed by atoms with Gasteiger partial charge in [0.25, 0.3) is 0 Å². The van der Waals surface area contributed by atoms with Crippen molar-refractivity contribution >= 4 is 17.5 Å². The highest BCUT2D eigenvalue weighted by Crippen LogP contribution is 2.32. The molecule has 2 aromatic rings. The summed E-state index contributed by atoms with van der Waals surface area (Å²) in [5, 5.41) is 4.84. The molecule has 1 aromatic heterocycles. The van der Waals surface area contributed by atoms with Crippen molar-refractivity contribution in [2.24, 2.45) is 0 Å². The van der Waals surface area contributed by atoms with E-state index in [1.807, 2.05) is 23.1 Å². The summed E-state index contributed by atoms with van der Waals surface area (Å²) in [4.78, 5) is 18.1. The van der Waals surface area contributed by atoms with E-state index in [-0.39, 0.29) is 5.91 Å². The average molecular weight is 319 g/mol. The normalized spacial score (nSPS) is 17.9. The fourth-order valence-electron chi connectivity index (χ4n) is 2.95. The molecule has 0 unspecified atom stereocenters. The maximum Gasteiger partial charge on any atom is 0.222 e. The number of rotatable bonds is 5. The minimum absolute atomic E-state index is 0.217. The Hall–Kier alpha value is -1.88. The van der Waals surface area contributed by atoms with Crippen molar-refractivity contribution in [2.75, 3.05) is 13.1 Å². The van der Waals surface area contributed by atoms with Gasteiger partial charge in [-0.25, -0.2) is 4.98 Å². The monoisotopic (exact) mass is 318 g/mol. The Morgan fingerprint density at radius 2 is 2.23 bits per heavy atom. The number of amides is 1. The lowest BCUT2D eigenvalue weighted by Crippen LogP contribution is -2.28. The lowest BCUT2D eigenvalue weighted by Gasteiger charge is -2.17. The van der Waals surface area contributed by atoms with Gasteiger partial charge >= 0.3 is 0 Å². The smallest absolute Gasteiger partial charge is 0.222 e. The van der Waals surface area contributed by atoms with Crippen LogP contribution in [0.2, 0.25) is 5.02 Å². The molecular formula is C16H19ClN4O. The highest BCUT2D eigenvalue weighted by Gasteiger charge is 2.27. The van der Waals surface area contributed by atoms with Crippen molar-refractivity contribution in [3.63, 3.8) is 0 Å². The zero-order valence-electron chi connectivity index (χ0n) is 12.4. The summed E-state index contributed by atoms with van der Waals surface area (Å²) in [6.07, 6.45) is 5.51. The molecule has 1 atom stereocenters. The second kappa shape index (κ2) is 6.92. The molecule has 0 radical (unpaired) electrons. The molecule has 1 saturated heterocycles. The molecule has 0 saturated carbocycles. The standard InChI is InChI=1S/C16H19ClN4O/c17-15-5-2-1-4-14(15)13-7-9-20(10-13)16(22)6-3-8-21-12-18-11-19-21/h1-2,4-5,11-13H,3,6-10H2/t13-/m0/s1. The largest absolute Gasteiger partial charge is 0.342 e. The predicted molar refractivity (Wildman–Crippen MR) is 84.6 cm³/mol. The molecule has 6 heteroatoms. The van der Waals surface area contributed by atoms with Crippen LogP contribution in [0.3, 0.4) is 0 Å². The van der Waals surface area contributed by atoms with Gasteiger partial charge in [-0.15, -0.1) is 0 Å². The summed E-state index contributed by atoms with van der Waals surface area (Å²) in [5.41, 5.74) is 1.15. The SMILES string of the molecule is O=C(CCCn1cncn1)N1CC[C@H](c2ccccc2Cl)C1. The maximum atomic E-state index is 12.3. The number of likely N-dealkylation sites (tertiary alicyclic amines) is 1. The van der Waals surface area contributed by atoms with Crippen LogP contribution in [-0.4, -0.2) is 38.7 Å². The van der Waals surface area contributed by atoms with E-state index in [9.17, 15) is 4.79 Å². The minimum atomic E-state index is 0.217. The Labute approximate surface area is 134 Å². The summed E-state index contributed by atoms with van der Waals surface area (Å²) in [7, 11) is 0. The molecule has 1 aromatic carbocycles. The zero-order chi connectivity index (χ0) is 15.4. The molecule has 2 heterocycles. The molecule has 22 heavy (non-hydrogen) atoms. The van der Waals surface area contributed by atoms with Crippen LogP contribution < -0.4 is 0 Å². The van der Waals surface area contributed by atoms with Gasteiger partial charge in [-0.2, -0.15) is 5.10 Å². The van der Waals surface area contributed by atoms with Gasteiger partial charge in [0.05, 0.1) is 0 Å². The lowest BCUT2D eigenvalue weighted by atomic mass is 9.98. The van der Waals surface area contributed by atoms with Crippen LogP contribution in [-0.2, 0) is 11.3 Å². The summed E-state index contributed by atoms with van der Waals surface area (Å²) in [6.45, 7) is 2.32. The predicted octanol–water partition coefficient (Wildman–Crippen LogP) is 2.73. The van der Waals surface area contributed by atoms with Gasteiger partial charge < -0.3 is 4.90 Å². The first-order valence-corrected chi connectivity index (χ1v) is 7.96. The summed E-state index contributed by atoms with van der Waals surface area (Å²) in [5.74, 6) is 0.572. The van der Waals surface area contributed by atoms with Gasteiger partial charge in [0.15, 0.2) is 0 Å². The van der Waals surface area contributed by atoms with Gasteiger partial charge in [-0.3, -0.25) is 9.48 Å². The van der Waals surface area contributed by atoms with Crippen LogP contribution in [0, 0.1) is 0 Å². The molecule has 1 amide bonds. The number of nitrogens with zero attached hydrogens (tertiary/aromatic N) is 4. The van der Waals surface area contributed by atoms with Gasteiger partial charge in [-0.1, -0.05) is 29.8 Å². The Bertz CT molecular complexity index is 629. The molecule has 1 aliphatic rings. The van der Waals surface area contributed by atoms with Crippen molar-refractivity contribution < 1.29 is 4.79 Å². The molecule has 0 bridgehead atoms. The van der Waals surface area contributed by atoms with Crippen LogP contribution in [0.1, 0.15) is 30.7 Å². The molecule has 3 rings (SSSR count). The summed E-state index contributed by atoms with van der Waals surface area (Å²) in [6, 6.07) is 7.92. The number of carbonyl (C=O) groups is 1. The maximum absolute atomic E-state index is 12.3. The molecule has 1 aliphatic heterocycles. The molecule has 0 N–H and O–H groups in total. The number of halogens is 1. The second-order valence-electron chi connectivity index (χ2n) is 5.61. The number of hydrogen-bond acceptors (Lipinski definition) is 3. The fourth-order valence-corrected chi connectivity index (χ4v) is 3.24. The molecular weight excluding hydrogens is 300 g/mol. The highest BCUT2D eigenvalue weighted by molar-refractivity contribution is 6.31. The topological polar surface area (TPSA) is 51.0 Å².